The second kappa shape index (κ2) is 12.5. The lowest BCUT2D eigenvalue weighted by Gasteiger charge is -2.25. The predicted octanol–water partition coefficient (Wildman–Crippen LogP) is 6.95. The minimum absolute atomic E-state index is 0.0153. The molecule has 5 rings (SSSR count). The molecule has 2 amide bonds. The molecule has 0 atom stereocenters. The lowest BCUT2D eigenvalue weighted by Crippen LogP contribution is -2.25. The number of urea groups is 1. The largest absolute Gasteiger partial charge is 0.439 e. The fourth-order valence-electron chi connectivity index (χ4n) is 4.37. The van der Waals surface area contributed by atoms with Gasteiger partial charge in [-0.15, -0.1) is 0 Å². The van der Waals surface area contributed by atoms with E-state index < -0.39 is 17.6 Å². The first-order valence-electron chi connectivity index (χ1n) is 12.9. The fourth-order valence-corrected chi connectivity index (χ4v) is 4.53. The Morgan fingerprint density at radius 2 is 1.76 bits per heavy atom. The van der Waals surface area contributed by atoms with Gasteiger partial charge in [-0.05, 0) is 36.2 Å². The van der Waals surface area contributed by atoms with Crippen molar-refractivity contribution in [2.24, 2.45) is 0 Å². The van der Waals surface area contributed by atoms with E-state index in [0.29, 0.717) is 41.4 Å². The van der Waals surface area contributed by atoms with Gasteiger partial charge in [-0.3, -0.25) is 9.51 Å². The van der Waals surface area contributed by atoms with Crippen LogP contribution in [-0.2, 0) is 6.54 Å². The molecule has 0 spiro atoms. The Balaban J connectivity index is 1.55. The first-order valence-corrected chi connectivity index (χ1v) is 13.3. The maximum Gasteiger partial charge on any atom is 0.439 e. The molecule has 3 N–H and O–H groups in total. The number of halogens is 2. The molecule has 0 saturated heterocycles. The fraction of sp³-hybridized carbons (Fsp3) is 0.133. The summed E-state index contributed by atoms with van der Waals surface area (Å²) in [6, 6.07) is 24.1. The van der Waals surface area contributed by atoms with Crippen molar-refractivity contribution in [1.82, 2.24) is 15.1 Å². The average molecular weight is 573 g/mol. The molecule has 0 radical (unpaired) electrons. The van der Waals surface area contributed by atoms with E-state index in [1.165, 1.54) is 12.1 Å². The lowest BCUT2D eigenvalue weighted by molar-refractivity contribution is 0.262. The quantitative estimate of drug-likeness (QED) is 0.176. The predicted molar refractivity (Wildman–Crippen MR) is 158 cm³/mol. The maximum atomic E-state index is 14.3. The summed E-state index contributed by atoms with van der Waals surface area (Å²) in [5.74, 6) is -0.471. The summed E-state index contributed by atoms with van der Waals surface area (Å²) >= 11 is 5.84. The third kappa shape index (κ3) is 6.79. The van der Waals surface area contributed by atoms with Crippen LogP contribution in [0.25, 0.3) is 22.6 Å². The molecule has 5 aromatic rings. The van der Waals surface area contributed by atoms with E-state index in [4.69, 9.17) is 21.1 Å². The number of carbonyl (C=O) groups is 1. The smallest absolute Gasteiger partial charge is 0.352 e. The van der Waals surface area contributed by atoms with Crippen LogP contribution in [0.5, 0.6) is 0 Å². The van der Waals surface area contributed by atoms with Gasteiger partial charge in [0.1, 0.15) is 11.6 Å². The van der Waals surface area contributed by atoms with E-state index in [0.717, 1.165) is 18.1 Å². The molecule has 3 aromatic carbocycles. The third-order valence-electron chi connectivity index (χ3n) is 6.18. The molecule has 0 unspecified atom stereocenters. The number of anilines is 3. The van der Waals surface area contributed by atoms with Crippen LogP contribution in [0.3, 0.4) is 0 Å². The molecule has 0 saturated carbocycles. The van der Waals surface area contributed by atoms with Gasteiger partial charge in [0, 0.05) is 41.0 Å². The van der Waals surface area contributed by atoms with Gasteiger partial charge in [0.05, 0.1) is 11.4 Å². The Morgan fingerprint density at radius 3 is 2.46 bits per heavy atom. The second-order valence-corrected chi connectivity index (χ2v) is 9.64. The zero-order chi connectivity index (χ0) is 28.8. The topological polar surface area (TPSA) is 116 Å². The standard InChI is InChI=1S/C30H26ClFN6O3/c1-2-14-38(18-19-8-4-3-5-9-19)27-17-21(33-29(39)35-25-13-12-20(31)15-24(25)32)16-26(34-27)22-10-6-7-11-23(22)28-36-30(40)41-37-28/h3-13,15-17H,2,14,18H2,1H3,(H,36,37,40)(H2,33,34,35,39). The zero-order valence-electron chi connectivity index (χ0n) is 22.0. The average Bonchev–Trinajstić information content (AvgIpc) is 3.41. The first-order chi connectivity index (χ1) is 19.9. The van der Waals surface area contributed by atoms with E-state index in [-0.39, 0.29) is 16.5 Å². The Kier molecular flexibility index (Phi) is 8.40. The summed E-state index contributed by atoms with van der Waals surface area (Å²) < 4.78 is 19.0. The van der Waals surface area contributed by atoms with E-state index in [9.17, 15) is 14.0 Å². The van der Waals surface area contributed by atoms with Gasteiger partial charge in [0.25, 0.3) is 0 Å². The number of amides is 2. The number of carbonyl (C=O) groups excluding carboxylic acids is 1. The number of nitrogens with one attached hydrogen (secondary N) is 3. The van der Waals surface area contributed by atoms with Crippen LogP contribution in [0, 0.1) is 5.82 Å². The van der Waals surface area contributed by atoms with Crippen molar-refractivity contribution < 1.29 is 13.7 Å². The SMILES string of the molecule is CCCN(Cc1ccccc1)c1cc(NC(=O)Nc2ccc(Cl)cc2F)cc(-c2ccccc2-c2noc(=O)[nH]2)n1. The van der Waals surface area contributed by atoms with Crippen molar-refractivity contribution in [2.45, 2.75) is 19.9 Å². The Hall–Kier alpha value is -4.96. The number of pyridine rings is 1. The van der Waals surface area contributed by atoms with Gasteiger partial charge in [0.2, 0.25) is 0 Å². The molecule has 2 heterocycles. The monoisotopic (exact) mass is 572 g/mol. The number of H-pyrrole nitrogens is 1. The zero-order valence-corrected chi connectivity index (χ0v) is 22.8. The van der Waals surface area contributed by atoms with Crippen LogP contribution in [0.4, 0.5) is 26.4 Å². The van der Waals surface area contributed by atoms with Crippen LogP contribution in [0.2, 0.25) is 5.02 Å². The molecule has 0 aliphatic rings. The van der Waals surface area contributed by atoms with Crippen molar-refractivity contribution in [3.8, 4) is 22.6 Å². The van der Waals surface area contributed by atoms with Crippen molar-refractivity contribution >= 4 is 34.8 Å². The number of rotatable bonds is 9. The van der Waals surface area contributed by atoms with Crippen LogP contribution in [0.15, 0.2) is 94.2 Å². The molecule has 41 heavy (non-hydrogen) atoms. The molecular formula is C30H26ClFN6O3. The summed E-state index contributed by atoms with van der Waals surface area (Å²) in [4.78, 5) is 34.3. The van der Waals surface area contributed by atoms with Crippen molar-refractivity contribution in [3.63, 3.8) is 0 Å². The third-order valence-corrected chi connectivity index (χ3v) is 6.42. The lowest BCUT2D eigenvalue weighted by atomic mass is 10.0. The molecule has 0 aliphatic heterocycles. The van der Waals surface area contributed by atoms with Crippen LogP contribution >= 0.6 is 11.6 Å². The molecular weight excluding hydrogens is 547 g/mol. The first kappa shape index (κ1) is 27.6. The van der Waals surface area contributed by atoms with Gasteiger partial charge in [-0.25, -0.2) is 19.0 Å². The number of hydrogen-bond donors (Lipinski definition) is 3. The van der Waals surface area contributed by atoms with Crippen molar-refractivity contribution in [2.75, 3.05) is 22.1 Å². The molecule has 2 aromatic heterocycles. The van der Waals surface area contributed by atoms with Gasteiger partial charge in [-0.2, -0.15) is 0 Å². The molecule has 9 nitrogen and oxygen atoms in total. The van der Waals surface area contributed by atoms with Gasteiger partial charge in [-0.1, -0.05) is 78.3 Å². The summed E-state index contributed by atoms with van der Waals surface area (Å²) in [5, 5.41) is 9.38. The number of benzene rings is 3. The Bertz CT molecular complexity index is 1720. The minimum Gasteiger partial charge on any atom is -0.352 e. The van der Waals surface area contributed by atoms with Crippen LogP contribution in [-0.4, -0.2) is 27.7 Å². The number of aromatic amines is 1. The molecule has 11 heteroatoms. The van der Waals surface area contributed by atoms with E-state index in [1.807, 2.05) is 48.5 Å². The van der Waals surface area contributed by atoms with Crippen molar-refractivity contribution in [3.05, 3.63) is 112 Å². The second-order valence-electron chi connectivity index (χ2n) is 9.20. The summed E-state index contributed by atoms with van der Waals surface area (Å²) in [7, 11) is 0. The molecule has 0 fully saturated rings. The number of aromatic nitrogens is 3. The van der Waals surface area contributed by atoms with Gasteiger partial charge in [0.15, 0.2) is 5.82 Å². The highest BCUT2D eigenvalue weighted by Gasteiger charge is 2.18. The highest BCUT2D eigenvalue weighted by molar-refractivity contribution is 6.30. The Labute approximate surface area is 240 Å². The van der Waals surface area contributed by atoms with E-state index in [1.54, 1.807) is 18.2 Å². The maximum absolute atomic E-state index is 14.3. The Morgan fingerprint density at radius 1 is 1.00 bits per heavy atom. The van der Waals surface area contributed by atoms with Crippen molar-refractivity contribution in [1.29, 1.82) is 0 Å². The van der Waals surface area contributed by atoms with Gasteiger partial charge < -0.3 is 15.5 Å². The number of nitrogens with zero attached hydrogens (tertiary/aromatic N) is 3. The normalized spacial score (nSPS) is 10.8. The minimum atomic E-state index is -0.679. The van der Waals surface area contributed by atoms with E-state index in [2.05, 4.69) is 32.6 Å². The van der Waals surface area contributed by atoms with Gasteiger partial charge >= 0.3 is 11.8 Å². The summed E-state index contributed by atoms with van der Waals surface area (Å²) in [6.07, 6.45) is 0.856. The van der Waals surface area contributed by atoms with Crippen LogP contribution < -0.4 is 21.3 Å². The summed E-state index contributed by atoms with van der Waals surface area (Å²) in [5.41, 5.74) is 3.27. The summed E-state index contributed by atoms with van der Waals surface area (Å²) in [6.45, 7) is 3.36. The molecule has 208 valence electrons. The van der Waals surface area contributed by atoms with E-state index >= 15 is 0 Å². The molecule has 0 bridgehead atoms. The number of hydrogen-bond acceptors (Lipinski definition) is 6. The molecule has 0 aliphatic carbocycles. The highest BCUT2D eigenvalue weighted by Crippen LogP contribution is 2.33. The highest BCUT2D eigenvalue weighted by atomic mass is 35.5. The van der Waals surface area contributed by atoms with Crippen LogP contribution in [0.1, 0.15) is 18.9 Å².